The van der Waals surface area contributed by atoms with Gasteiger partial charge in [0.1, 0.15) is 4.90 Å². The highest BCUT2D eigenvalue weighted by atomic mass is 35.5. The van der Waals surface area contributed by atoms with Crippen LogP contribution < -0.4 is 5.73 Å². The summed E-state index contributed by atoms with van der Waals surface area (Å²) in [5.74, 6) is 0. The number of hydrogen-bond donors (Lipinski definition) is 1. The minimum atomic E-state index is -4.42. The monoisotopic (exact) mass is 330 g/mol. The molecule has 0 aliphatic heterocycles. The molecule has 0 amide bonds. The molecule has 0 aromatic heterocycles. The minimum Gasteiger partial charge on any atom is -0.326 e. The topological polar surface area (TPSA) is 63.4 Å². The molecule has 0 fully saturated rings. The van der Waals surface area contributed by atoms with Crippen molar-refractivity contribution in [2.75, 3.05) is 13.6 Å². The fraction of sp³-hybridized carbons (Fsp3) is 0.455. The Hall–Kier alpha value is -0.830. The first-order chi connectivity index (χ1) is 9.08. The molecule has 4 nitrogen and oxygen atoms in total. The second kappa shape index (κ2) is 6.30. The van der Waals surface area contributed by atoms with Crippen molar-refractivity contribution in [1.82, 2.24) is 4.31 Å². The predicted octanol–water partition coefficient (Wildman–Crippen LogP) is 2.37. The highest BCUT2D eigenvalue weighted by Crippen LogP contribution is 2.26. The molecule has 0 spiro atoms. The van der Waals surface area contributed by atoms with E-state index in [9.17, 15) is 21.6 Å². The van der Waals surface area contributed by atoms with Gasteiger partial charge in [0.15, 0.2) is 0 Å². The average Bonchev–Trinajstić information content (AvgIpc) is 2.34. The largest absolute Gasteiger partial charge is 0.390 e. The Balaban J connectivity index is 2.98. The van der Waals surface area contributed by atoms with Gasteiger partial charge in [-0.05, 0) is 17.7 Å². The number of nitrogens with two attached hydrogens (primary N) is 1. The van der Waals surface area contributed by atoms with Gasteiger partial charge in [-0.1, -0.05) is 17.7 Å². The summed E-state index contributed by atoms with van der Waals surface area (Å²) in [5, 5.41) is -0.0631. The molecule has 114 valence electrons. The molecule has 9 heteroatoms. The average molecular weight is 331 g/mol. The lowest BCUT2D eigenvalue weighted by Crippen LogP contribution is -2.30. The van der Waals surface area contributed by atoms with Gasteiger partial charge in [0.25, 0.3) is 0 Å². The molecule has 20 heavy (non-hydrogen) atoms. The number of hydrogen-bond acceptors (Lipinski definition) is 3. The van der Waals surface area contributed by atoms with Gasteiger partial charge in [-0.25, -0.2) is 12.7 Å². The molecule has 0 heterocycles. The van der Waals surface area contributed by atoms with Crippen molar-refractivity contribution in [3.8, 4) is 0 Å². The van der Waals surface area contributed by atoms with Crippen molar-refractivity contribution >= 4 is 21.6 Å². The minimum absolute atomic E-state index is 0.0631. The maximum absolute atomic E-state index is 12.1. The smallest absolute Gasteiger partial charge is 0.326 e. The standard InChI is InChI=1S/C11H14ClF3N2O2S/c1-17(5-4-11(13,14)15)20(18,19)10-3-2-8(7-16)6-9(10)12/h2-3,6H,4-5,7,16H2,1H3. The van der Waals surface area contributed by atoms with Crippen molar-refractivity contribution in [2.24, 2.45) is 5.73 Å². The Morgan fingerprint density at radius 2 is 1.95 bits per heavy atom. The zero-order chi connectivity index (χ0) is 15.6. The third-order valence-electron chi connectivity index (χ3n) is 2.63. The van der Waals surface area contributed by atoms with Gasteiger partial charge in [0, 0.05) is 20.1 Å². The molecule has 0 aliphatic carbocycles. The molecule has 0 saturated carbocycles. The highest BCUT2D eigenvalue weighted by Gasteiger charge is 2.31. The first-order valence-corrected chi connectivity index (χ1v) is 7.41. The number of sulfonamides is 1. The third kappa shape index (κ3) is 4.34. The number of benzene rings is 1. The van der Waals surface area contributed by atoms with E-state index in [0.29, 0.717) is 9.87 Å². The fourth-order valence-corrected chi connectivity index (χ4v) is 3.16. The molecule has 0 unspecified atom stereocenters. The van der Waals surface area contributed by atoms with Gasteiger partial charge in [-0.3, -0.25) is 0 Å². The van der Waals surface area contributed by atoms with Crippen LogP contribution in [0.25, 0.3) is 0 Å². The van der Waals surface area contributed by atoms with Gasteiger partial charge in [0.05, 0.1) is 11.4 Å². The van der Waals surface area contributed by atoms with Crippen LogP contribution in [0.15, 0.2) is 23.1 Å². The highest BCUT2D eigenvalue weighted by molar-refractivity contribution is 7.89. The van der Waals surface area contributed by atoms with Gasteiger partial charge >= 0.3 is 6.18 Å². The normalized spacial score (nSPS) is 12.9. The van der Waals surface area contributed by atoms with Crippen molar-refractivity contribution in [3.05, 3.63) is 28.8 Å². The molecule has 1 rings (SSSR count). The van der Waals surface area contributed by atoms with Crippen LogP contribution in [0.5, 0.6) is 0 Å². The van der Waals surface area contributed by atoms with Crippen LogP contribution in [-0.4, -0.2) is 32.5 Å². The molecule has 0 radical (unpaired) electrons. The lowest BCUT2D eigenvalue weighted by molar-refractivity contribution is -0.135. The summed E-state index contributed by atoms with van der Waals surface area (Å²) in [6.07, 6.45) is -5.64. The van der Waals surface area contributed by atoms with E-state index in [2.05, 4.69) is 0 Å². The van der Waals surface area contributed by atoms with E-state index in [-0.39, 0.29) is 16.5 Å². The SMILES string of the molecule is CN(CCC(F)(F)F)S(=O)(=O)c1ccc(CN)cc1Cl. The van der Waals surface area contributed by atoms with E-state index >= 15 is 0 Å². The number of alkyl halides is 3. The summed E-state index contributed by atoms with van der Waals surface area (Å²) < 4.78 is 61.2. The third-order valence-corrected chi connectivity index (χ3v) is 4.97. The van der Waals surface area contributed by atoms with E-state index in [1.807, 2.05) is 0 Å². The lowest BCUT2D eigenvalue weighted by Gasteiger charge is -2.19. The molecule has 0 atom stereocenters. The Morgan fingerprint density at radius 3 is 2.40 bits per heavy atom. The van der Waals surface area contributed by atoms with E-state index in [0.717, 1.165) is 7.05 Å². The van der Waals surface area contributed by atoms with Gasteiger partial charge < -0.3 is 5.73 Å². The van der Waals surface area contributed by atoms with Crippen LogP contribution in [-0.2, 0) is 16.6 Å². The molecule has 0 aliphatic rings. The summed E-state index contributed by atoms with van der Waals surface area (Å²) in [4.78, 5) is -0.235. The molecule has 1 aromatic carbocycles. The van der Waals surface area contributed by atoms with Crippen LogP contribution in [0, 0.1) is 0 Å². The fourth-order valence-electron chi connectivity index (χ4n) is 1.45. The van der Waals surface area contributed by atoms with E-state index in [4.69, 9.17) is 17.3 Å². The Labute approximate surface area is 120 Å². The van der Waals surface area contributed by atoms with Crippen molar-refractivity contribution in [3.63, 3.8) is 0 Å². The van der Waals surface area contributed by atoms with E-state index in [1.165, 1.54) is 18.2 Å². The molecular weight excluding hydrogens is 317 g/mol. The number of halogens is 4. The van der Waals surface area contributed by atoms with Crippen molar-refractivity contribution in [1.29, 1.82) is 0 Å². The molecule has 0 bridgehead atoms. The number of rotatable bonds is 5. The van der Waals surface area contributed by atoms with Crippen molar-refractivity contribution < 1.29 is 21.6 Å². The van der Waals surface area contributed by atoms with Gasteiger partial charge in [0.2, 0.25) is 10.0 Å². The van der Waals surface area contributed by atoms with Crippen LogP contribution in [0.1, 0.15) is 12.0 Å². The van der Waals surface area contributed by atoms with E-state index < -0.39 is 29.2 Å². The van der Waals surface area contributed by atoms with Crippen molar-refractivity contribution in [2.45, 2.75) is 24.0 Å². The summed E-state index contributed by atoms with van der Waals surface area (Å²) in [6.45, 7) is -0.481. The Bertz CT molecular complexity index is 576. The lowest BCUT2D eigenvalue weighted by atomic mass is 10.2. The summed E-state index contributed by atoms with van der Waals surface area (Å²) in [7, 11) is -2.98. The van der Waals surface area contributed by atoms with Crippen LogP contribution in [0.3, 0.4) is 0 Å². The number of nitrogens with zero attached hydrogens (tertiary/aromatic N) is 1. The summed E-state index contributed by atoms with van der Waals surface area (Å²) >= 11 is 5.84. The summed E-state index contributed by atoms with van der Waals surface area (Å²) in [6, 6.07) is 4.09. The Morgan fingerprint density at radius 1 is 1.35 bits per heavy atom. The van der Waals surface area contributed by atoms with Crippen LogP contribution in [0.2, 0.25) is 5.02 Å². The van der Waals surface area contributed by atoms with Crippen LogP contribution >= 0.6 is 11.6 Å². The predicted molar refractivity (Wildman–Crippen MR) is 69.8 cm³/mol. The Kier molecular flexibility index (Phi) is 5.42. The second-order valence-electron chi connectivity index (χ2n) is 4.16. The molecular formula is C11H14ClF3N2O2S. The first kappa shape index (κ1) is 17.2. The maximum Gasteiger partial charge on any atom is 0.390 e. The van der Waals surface area contributed by atoms with E-state index in [1.54, 1.807) is 0 Å². The quantitative estimate of drug-likeness (QED) is 0.901. The zero-order valence-electron chi connectivity index (χ0n) is 10.6. The first-order valence-electron chi connectivity index (χ1n) is 5.59. The van der Waals surface area contributed by atoms with Gasteiger partial charge in [-0.15, -0.1) is 0 Å². The second-order valence-corrected chi connectivity index (χ2v) is 6.58. The zero-order valence-corrected chi connectivity index (χ0v) is 12.2. The molecule has 2 N–H and O–H groups in total. The molecule has 0 saturated heterocycles. The summed E-state index contributed by atoms with van der Waals surface area (Å²) in [5.41, 5.74) is 6.02. The van der Waals surface area contributed by atoms with Gasteiger partial charge in [-0.2, -0.15) is 13.2 Å². The maximum atomic E-state index is 12.1. The molecule has 1 aromatic rings. The van der Waals surface area contributed by atoms with Crippen LogP contribution in [0.4, 0.5) is 13.2 Å².